The number of hydrogen-bond acceptors (Lipinski definition) is 3. The van der Waals surface area contributed by atoms with Crippen molar-refractivity contribution in [2.24, 2.45) is 17.8 Å². The SMILES string of the molecule is CC(CC(=O)Nc1ccc(F)c(NC(=O)C2CCCCC2)c1)C1CCNCC1.Cl. The molecule has 0 bridgehead atoms. The molecule has 2 amide bonds. The van der Waals surface area contributed by atoms with Gasteiger partial charge in [0, 0.05) is 18.0 Å². The van der Waals surface area contributed by atoms with E-state index in [9.17, 15) is 14.0 Å². The molecule has 2 fully saturated rings. The number of nitrogens with one attached hydrogen (secondary N) is 3. The Labute approximate surface area is 179 Å². The number of halogens is 2. The van der Waals surface area contributed by atoms with Crippen LogP contribution in [0.4, 0.5) is 15.8 Å². The molecular weight excluding hydrogens is 393 g/mol. The minimum absolute atomic E-state index is 0. The first-order chi connectivity index (χ1) is 13.5. The molecule has 1 aliphatic carbocycles. The molecule has 0 radical (unpaired) electrons. The molecule has 1 atom stereocenters. The monoisotopic (exact) mass is 425 g/mol. The van der Waals surface area contributed by atoms with Gasteiger partial charge >= 0.3 is 0 Å². The summed E-state index contributed by atoms with van der Waals surface area (Å²) in [6.45, 7) is 4.15. The highest BCUT2D eigenvalue weighted by Gasteiger charge is 2.23. The van der Waals surface area contributed by atoms with Gasteiger partial charge in [0.05, 0.1) is 5.69 Å². The lowest BCUT2D eigenvalue weighted by Crippen LogP contribution is -2.32. The number of benzene rings is 1. The highest BCUT2D eigenvalue weighted by atomic mass is 35.5. The lowest BCUT2D eigenvalue weighted by Gasteiger charge is -2.27. The highest BCUT2D eigenvalue weighted by Crippen LogP contribution is 2.27. The summed E-state index contributed by atoms with van der Waals surface area (Å²) in [6, 6.07) is 4.35. The van der Waals surface area contributed by atoms with Crippen LogP contribution >= 0.6 is 12.4 Å². The van der Waals surface area contributed by atoms with Crippen LogP contribution in [0.1, 0.15) is 58.3 Å². The van der Waals surface area contributed by atoms with Crippen molar-refractivity contribution in [3.63, 3.8) is 0 Å². The zero-order valence-corrected chi connectivity index (χ0v) is 18.0. The van der Waals surface area contributed by atoms with Gasteiger partial charge < -0.3 is 16.0 Å². The van der Waals surface area contributed by atoms with Crippen molar-refractivity contribution in [2.75, 3.05) is 23.7 Å². The zero-order chi connectivity index (χ0) is 19.9. The molecule has 29 heavy (non-hydrogen) atoms. The van der Waals surface area contributed by atoms with Crippen molar-refractivity contribution in [1.29, 1.82) is 0 Å². The lowest BCUT2D eigenvalue weighted by atomic mass is 9.84. The summed E-state index contributed by atoms with van der Waals surface area (Å²) in [5, 5.41) is 8.92. The molecule has 1 unspecified atom stereocenters. The van der Waals surface area contributed by atoms with Crippen molar-refractivity contribution in [3.05, 3.63) is 24.0 Å². The Morgan fingerprint density at radius 3 is 2.48 bits per heavy atom. The Bertz CT molecular complexity index is 689. The summed E-state index contributed by atoms with van der Waals surface area (Å²) in [4.78, 5) is 24.8. The van der Waals surface area contributed by atoms with Gasteiger partial charge in [-0.1, -0.05) is 26.2 Å². The van der Waals surface area contributed by atoms with E-state index in [0.29, 0.717) is 23.9 Å². The second-order valence-corrected chi connectivity index (χ2v) is 8.34. The number of carbonyl (C=O) groups is 2. The maximum Gasteiger partial charge on any atom is 0.227 e. The number of anilines is 2. The molecule has 1 aliphatic heterocycles. The first-order valence-electron chi connectivity index (χ1n) is 10.6. The third-order valence-electron chi connectivity index (χ3n) is 6.18. The van der Waals surface area contributed by atoms with Crippen LogP contribution in [0.15, 0.2) is 18.2 Å². The van der Waals surface area contributed by atoms with Crippen LogP contribution in [0.5, 0.6) is 0 Å². The van der Waals surface area contributed by atoms with E-state index in [1.165, 1.54) is 12.1 Å². The average Bonchev–Trinajstić information content (AvgIpc) is 2.71. The Morgan fingerprint density at radius 2 is 1.79 bits per heavy atom. The third-order valence-corrected chi connectivity index (χ3v) is 6.18. The third kappa shape index (κ3) is 6.96. The Hall–Kier alpha value is -1.66. The minimum atomic E-state index is -0.481. The number of piperidine rings is 1. The van der Waals surface area contributed by atoms with Gasteiger partial charge in [-0.25, -0.2) is 4.39 Å². The first-order valence-corrected chi connectivity index (χ1v) is 10.6. The molecule has 3 N–H and O–H groups in total. The van der Waals surface area contributed by atoms with Gasteiger partial charge in [0.25, 0.3) is 0 Å². The largest absolute Gasteiger partial charge is 0.326 e. The van der Waals surface area contributed by atoms with Gasteiger partial charge in [0.15, 0.2) is 0 Å². The summed E-state index contributed by atoms with van der Waals surface area (Å²) < 4.78 is 14.2. The summed E-state index contributed by atoms with van der Waals surface area (Å²) in [7, 11) is 0. The fourth-order valence-corrected chi connectivity index (χ4v) is 4.38. The van der Waals surface area contributed by atoms with Crippen LogP contribution in [0.2, 0.25) is 0 Å². The normalized spacial score (nSPS) is 19.1. The van der Waals surface area contributed by atoms with E-state index in [4.69, 9.17) is 0 Å². The van der Waals surface area contributed by atoms with Crippen molar-refractivity contribution >= 4 is 35.6 Å². The van der Waals surface area contributed by atoms with Crippen LogP contribution in [-0.2, 0) is 9.59 Å². The molecule has 2 aliphatic rings. The van der Waals surface area contributed by atoms with Crippen molar-refractivity contribution in [1.82, 2.24) is 5.32 Å². The van der Waals surface area contributed by atoms with Crippen LogP contribution in [0, 0.1) is 23.6 Å². The second kappa shape index (κ2) is 11.5. The summed E-state index contributed by atoms with van der Waals surface area (Å²) in [5.74, 6) is 0.157. The number of carbonyl (C=O) groups excluding carboxylic acids is 2. The number of rotatable bonds is 6. The van der Waals surface area contributed by atoms with E-state index in [2.05, 4.69) is 22.9 Å². The molecular formula is C22H33ClFN3O2. The highest BCUT2D eigenvalue weighted by molar-refractivity contribution is 5.95. The molecule has 1 aromatic rings. The molecule has 1 aromatic carbocycles. The van der Waals surface area contributed by atoms with Crippen LogP contribution in [0.3, 0.4) is 0 Å². The molecule has 5 nitrogen and oxygen atoms in total. The molecule has 3 rings (SSSR count). The van der Waals surface area contributed by atoms with Crippen LogP contribution in [-0.4, -0.2) is 24.9 Å². The van der Waals surface area contributed by atoms with Crippen molar-refractivity contribution in [3.8, 4) is 0 Å². The predicted molar refractivity (Wildman–Crippen MR) is 117 cm³/mol. The van der Waals surface area contributed by atoms with Crippen LogP contribution < -0.4 is 16.0 Å². The molecule has 0 aromatic heterocycles. The predicted octanol–water partition coefficient (Wildman–Crippen LogP) is 4.73. The quantitative estimate of drug-likeness (QED) is 0.617. The second-order valence-electron chi connectivity index (χ2n) is 8.34. The fraction of sp³-hybridized carbons (Fsp3) is 0.636. The van der Waals surface area contributed by atoms with E-state index in [1.54, 1.807) is 6.07 Å². The standard InChI is InChI=1S/C22H32FN3O2.ClH/c1-15(16-9-11-24-12-10-16)13-21(27)25-18-7-8-19(23)20(14-18)26-22(28)17-5-3-2-4-6-17;/h7-8,14-17,24H,2-6,9-13H2,1H3,(H,25,27)(H,26,28);1H. The Balaban J connectivity index is 0.00000300. The number of hydrogen-bond donors (Lipinski definition) is 3. The molecule has 162 valence electrons. The van der Waals surface area contributed by atoms with Gasteiger partial charge in [0.1, 0.15) is 5.82 Å². The van der Waals surface area contributed by atoms with Crippen LogP contribution in [0.25, 0.3) is 0 Å². The van der Waals surface area contributed by atoms with Gasteiger partial charge in [0.2, 0.25) is 11.8 Å². The Kier molecular flexibility index (Phi) is 9.37. The fourth-order valence-electron chi connectivity index (χ4n) is 4.38. The molecule has 1 heterocycles. The average molecular weight is 426 g/mol. The van der Waals surface area contributed by atoms with E-state index in [0.717, 1.165) is 58.0 Å². The lowest BCUT2D eigenvalue weighted by molar-refractivity contribution is -0.120. The topological polar surface area (TPSA) is 70.2 Å². The van der Waals surface area contributed by atoms with E-state index >= 15 is 0 Å². The molecule has 1 saturated heterocycles. The first kappa shape index (κ1) is 23.6. The zero-order valence-electron chi connectivity index (χ0n) is 17.1. The maximum atomic E-state index is 14.2. The summed E-state index contributed by atoms with van der Waals surface area (Å²) >= 11 is 0. The van der Waals surface area contributed by atoms with Gasteiger partial charge in [-0.2, -0.15) is 0 Å². The van der Waals surface area contributed by atoms with Crippen molar-refractivity contribution < 1.29 is 14.0 Å². The maximum absolute atomic E-state index is 14.2. The summed E-state index contributed by atoms with van der Waals surface area (Å²) in [6.07, 6.45) is 7.63. The summed E-state index contributed by atoms with van der Waals surface area (Å²) in [5.41, 5.74) is 0.655. The van der Waals surface area contributed by atoms with Crippen molar-refractivity contribution in [2.45, 2.75) is 58.3 Å². The smallest absolute Gasteiger partial charge is 0.227 e. The van der Waals surface area contributed by atoms with E-state index < -0.39 is 5.82 Å². The Morgan fingerprint density at radius 1 is 1.10 bits per heavy atom. The van der Waals surface area contributed by atoms with Gasteiger partial charge in [-0.15, -0.1) is 12.4 Å². The van der Waals surface area contributed by atoms with Gasteiger partial charge in [-0.05, 0) is 68.8 Å². The molecule has 0 spiro atoms. The number of amides is 2. The minimum Gasteiger partial charge on any atom is -0.326 e. The van der Waals surface area contributed by atoms with E-state index in [-0.39, 0.29) is 35.8 Å². The van der Waals surface area contributed by atoms with Gasteiger partial charge in [-0.3, -0.25) is 9.59 Å². The van der Waals surface area contributed by atoms with E-state index in [1.807, 2.05) is 0 Å². The molecule has 1 saturated carbocycles. The molecule has 7 heteroatoms.